The summed E-state index contributed by atoms with van der Waals surface area (Å²) in [6.45, 7) is 1.36. The molecule has 2 N–H and O–H groups in total. The van der Waals surface area contributed by atoms with E-state index >= 15 is 0 Å². The Hall–Kier alpha value is -1.88. The van der Waals surface area contributed by atoms with Crippen LogP contribution in [0.15, 0.2) is 41.3 Å². The molecular formula is C16H16FNO2S. The summed E-state index contributed by atoms with van der Waals surface area (Å²) in [6.07, 6.45) is 0.891. The van der Waals surface area contributed by atoms with Gasteiger partial charge in [-0.25, -0.2) is 4.39 Å². The molecule has 0 bridgehead atoms. The quantitative estimate of drug-likeness (QED) is 0.691. The Labute approximate surface area is 127 Å². The summed E-state index contributed by atoms with van der Waals surface area (Å²) in [5.74, 6) is 1.87. The molecule has 1 aliphatic heterocycles. The van der Waals surface area contributed by atoms with Crippen molar-refractivity contribution in [3.63, 3.8) is 0 Å². The van der Waals surface area contributed by atoms with Crippen LogP contribution in [0.5, 0.6) is 11.5 Å². The highest BCUT2D eigenvalue weighted by Gasteiger charge is 2.11. The molecule has 5 heteroatoms. The topological polar surface area (TPSA) is 44.5 Å². The van der Waals surface area contributed by atoms with Crippen LogP contribution in [0.1, 0.15) is 12.0 Å². The number of rotatable bonds is 3. The first kappa shape index (κ1) is 14.1. The Morgan fingerprint density at radius 1 is 1.05 bits per heavy atom. The van der Waals surface area contributed by atoms with Crippen molar-refractivity contribution < 1.29 is 13.9 Å². The molecule has 0 aromatic heterocycles. The molecule has 0 spiro atoms. The number of ether oxygens (including phenoxy) is 2. The van der Waals surface area contributed by atoms with Gasteiger partial charge in [0.15, 0.2) is 11.5 Å². The fraction of sp³-hybridized carbons (Fsp3) is 0.250. The molecule has 21 heavy (non-hydrogen) atoms. The van der Waals surface area contributed by atoms with Crippen LogP contribution in [0, 0.1) is 5.82 Å². The van der Waals surface area contributed by atoms with E-state index in [9.17, 15) is 4.39 Å². The number of nitrogens with two attached hydrogens (primary N) is 1. The van der Waals surface area contributed by atoms with E-state index in [2.05, 4.69) is 0 Å². The van der Waals surface area contributed by atoms with Crippen molar-refractivity contribution in [2.45, 2.75) is 17.1 Å². The van der Waals surface area contributed by atoms with E-state index in [0.29, 0.717) is 19.0 Å². The molecular weight excluding hydrogens is 289 g/mol. The lowest BCUT2D eigenvalue weighted by atomic mass is 10.2. The Balaban J connectivity index is 1.70. The van der Waals surface area contributed by atoms with Gasteiger partial charge in [0.05, 0.1) is 18.9 Å². The van der Waals surface area contributed by atoms with Crippen molar-refractivity contribution in [1.82, 2.24) is 0 Å². The smallest absolute Gasteiger partial charge is 0.162 e. The molecule has 2 aromatic carbocycles. The average Bonchev–Trinajstić information content (AvgIpc) is 2.73. The van der Waals surface area contributed by atoms with Crippen LogP contribution in [-0.4, -0.2) is 13.2 Å². The van der Waals surface area contributed by atoms with E-state index in [1.807, 2.05) is 24.3 Å². The standard InChI is InChI=1S/C16H16FNO2S/c17-13-8-11(2-4-14(13)18)10-21-12-3-5-15-16(9-12)20-7-1-6-19-15/h2-5,8-9H,1,6-7,10,18H2. The molecule has 0 unspecified atom stereocenters. The van der Waals surface area contributed by atoms with Gasteiger partial charge in [-0.15, -0.1) is 11.8 Å². The fourth-order valence-corrected chi connectivity index (χ4v) is 2.93. The lowest BCUT2D eigenvalue weighted by Gasteiger charge is -2.09. The summed E-state index contributed by atoms with van der Waals surface area (Å²) >= 11 is 1.62. The molecule has 0 radical (unpaired) electrons. The summed E-state index contributed by atoms with van der Waals surface area (Å²) < 4.78 is 24.7. The second kappa shape index (κ2) is 6.26. The second-order valence-electron chi connectivity index (χ2n) is 4.80. The van der Waals surface area contributed by atoms with Crippen molar-refractivity contribution in [3.8, 4) is 11.5 Å². The number of fused-ring (bicyclic) bond motifs is 1. The highest BCUT2D eigenvalue weighted by molar-refractivity contribution is 7.98. The van der Waals surface area contributed by atoms with Gasteiger partial charge in [-0.1, -0.05) is 6.07 Å². The Morgan fingerprint density at radius 3 is 2.67 bits per heavy atom. The summed E-state index contributed by atoms with van der Waals surface area (Å²) in [5.41, 5.74) is 6.56. The molecule has 1 heterocycles. The van der Waals surface area contributed by atoms with Crippen LogP contribution in [0.4, 0.5) is 10.1 Å². The minimum absolute atomic E-state index is 0.180. The van der Waals surface area contributed by atoms with Gasteiger partial charge in [-0.05, 0) is 35.9 Å². The van der Waals surface area contributed by atoms with Crippen molar-refractivity contribution in [2.24, 2.45) is 0 Å². The predicted molar refractivity (Wildman–Crippen MR) is 82.4 cm³/mol. The Bertz CT molecular complexity index is 648. The first-order chi connectivity index (χ1) is 10.2. The molecule has 0 saturated carbocycles. The number of hydrogen-bond donors (Lipinski definition) is 1. The van der Waals surface area contributed by atoms with E-state index in [1.54, 1.807) is 17.8 Å². The SMILES string of the molecule is Nc1ccc(CSc2ccc3c(c2)OCCCO3)cc1F. The van der Waals surface area contributed by atoms with Crippen molar-refractivity contribution in [2.75, 3.05) is 18.9 Å². The molecule has 0 fully saturated rings. The van der Waals surface area contributed by atoms with Crippen molar-refractivity contribution in [3.05, 3.63) is 47.8 Å². The predicted octanol–water partition coefficient (Wildman–Crippen LogP) is 3.86. The number of halogens is 1. The van der Waals surface area contributed by atoms with Crippen LogP contribution in [-0.2, 0) is 5.75 Å². The molecule has 2 aromatic rings. The molecule has 110 valence electrons. The normalized spacial score (nSPS) is 13.8. The maximum absolute atomic E-state index is 13.4. The fourth-order valence-electron chi connectivity index (χ4n) is 2.06. The number of hydrogen-bond acceptors (Lipinski definition) is 4. The van der Waals surface area contributed by atoms with E-state index < -0.39 is 0 Å². The van der Waals surface area contributed by atoms with Gasteiger partial charge in [-0.3, -0.25) is 0 Å². The summed E-state index contributed by atoms with van der Waals surface area (Å²) in [7, 11) is 0. The maximum Gasteiger partial charge on any atom is 0.162 e. The zero-order valence-electron chi connectivity index (χ0n) is 11.5. The highest BCUT2D eigenvalue weighted by atomic mass is 32.2. The lowest BCUT2D eigenvalue weighted by Crippen LogP contribution is -1.97. The van der Waals surface area contributed by atoms with Crippen LogP contribution in [0.25, 0.3) is 0 Å². The first-order valence-corrected chi connectivity index (χ1v) is 7.77. The van der Waals surface area contributed by atoms with Gasteiger partial charge < -0.3 is 15.2 Å². The van der Waals surface area contributed by atoms with Crippen LogP contribution < -0.4 is 15.2 Å². The Kier molecular flexibility index (Phi) is 4.20. The summed E-state index contributed by atoms with van der Waals surface area (Å²) in [6, 6.07) is 10.8. The molecule has 0 amide bonds. The van der Waals surface area contributed by atoms with Gasteiger partial charge in [0.25, 0.3) is 0 Å². The maximum atomic E-state index is 13.4. The molecule has 1 aliphatic rings. The van der Waals surface area contributed by atoms with Crippen LogP contribution in [0.3, 0.4) is 0 Å². The van der Waals surface area contributed by atoms with Crippen LogP contribution in [0.2, 0.25) is 0 Å². The number of anilines is 1. The first-order valence-electron chi connectivity index (χ1n) is 6.79. The van der Waals surface area contributed by atoms with E-state index in [-0.39, 0.29) is 11.5 Å². The molecule has 0 aliphatic carbocycles. The minimum Gasteiger partial charge on any atom is -0.490 e. The lowest BCUT2D eigenvalue weighted by molar-refractivity contribution is 0.297. The van der Waals surface area contributed by atoms with Gasteiger partial charge >= 0.3 is 0 Å². The molecule has 0 atom stereocenters. The monoisotopic (exact) mass is 305 g/mol. The van der Waals surface area contributed by atoms with Gasteiger partial charge in [0, 0.05) is 17.1 Å². The second-order valence-corrected chi connectivity index (χ2v) is 5.85. The largest absolute Gasteiger partial charge is 0.490 e. The molecule has 3 nitrogen and oxygen atoms in total. The van der Waals surface area contributed by atoms with E-state index in [4.69, 9.17) is 15.2 Å². The van der Waals surface area contributed by atoms with Gasteiger partial charge in [-0.2, -0.15) is 0 Å². The van der Waals surface area contributed by atoms with Crippen LogP contribution >= 0.6 is 11.8 Å². The third-order valence-electron chi connectivity index (χ3n) is 3.19. The average molecular weight is 305 g/mol. The van der Waals surface area contributed by atoms with Gasteiger partial charge in [0.2, 0.25) is 0 Å². The van der Waals surface area contributed by atoms with Crippen molar-refractivity contribution >= 4 is 17.4 Å². The zero-order chi connectivity index (χ0) is 14.7. The zero-order valence-corrected chi connectivity index (χ0v) is 12.3. The summed E-state index contributed by atoms with van der Waals surface area (Å²) in [5, 5.41) is 0. The van der Waals surface area contributed by atoms with E-state index in [0.717, 1.165) is 28.4 Å². The van der Waals surface area contributed by atoms with E-state index in [1.165, 1.54) is 6.07 Å². The van der Waals surface area contributed by atoms with Gasteiger partial charge in [0.1, 0.15) is 5.82 Å². The number of thioether (sulfide) groups is 1. The Morgan fingerprint density at radius 2 is 1.86 bits per heavy atom. The molecule has 0 saturated heterocycles. The third kappa shape index (κ3) is 3.42. The number of benzene rings is 2. The van der Waals surface area contributed by atoms with Crippen molar-refractivity contribution in [1.29, 1.82) is 0 Å². The third-order valence-corrected chi connectivity index (χ3v) is 4.25. The summed E-state index contributed by atoms with van der Waals surface area (Å²) in [4.78, 5) is 1.07. The minimum atomic E-state index is -0.369. The number of nitrogen functional groups attached to an aromatic ring is 1. The highest BCUT2D eigenvalue weighted by Crippen LogP contribution is 2.35. The molecule has 3 rings (SSSR count).